The lowest BCUT2D eigenvalue weighted by Gasteiger charge is -2.10. The number of rotatable bonds is 7. The lowest BCUT2D eigenvalue weighted by molar-refractivity contribution is -0.137. The maximum atomic E-state index is 11.8. The smallest absolute Gasteiger partial charge is 0.315 e. The Bertz CT molecular complexity index is 503. The zero-order valence-electron chi connectivity index (χ0n) is 11.4. The predicted octanol–water partition coefficient (Wildman–Crippen LogP) is 3.20. The molecular formula is C13H16Cl2N2O3S. The number of anilines is 2. The van der Waals surface area contributed by atoms with Crippen molar-refractivity contribution in [2.24, 2.45) is 0 Å². The van der Waals surface area contributed by atoms with Crippen molar-refractivity contribution >= 4 is 58.2 Å². The van der Waals surface area contributed by atoms with Crippen LogP contribution in [0.25, 0.3) is 0 Å². The van der Waals surface area contributed by atoms with Gasteiger partial charge in [0.05, 0.1) is 29.3 Å². The third-order valence-electron chi connectivity index (χ3n) is 2.49. The lowest BCUT2D eigenvalue weighted by atomic mass is 10.2. The fraction of sp³-hybridized carbons (Fsp3) is 0.385. The predicted molar refractivity (Wildman–Crippen MR) is 88.1 cm³/mol. The maximum absolute atomic E-state index is 11.8. The van der Waals surface area contributed by atoms with E-state index < -0.39 is 0 Å². The molecule has 116 valence electrons. The fourth-order valence-electron chi connectivity index (χ4n) is 1.48. The molecule has 1 amide bonds. The third kappa shape index (κ3) is 6.46. The number of methoxy groups -OCH3 is 1. The number of nitrogen functional groups attached to an aromatic ring is 1. The van der Waals surface area contributed by atoms with Gasteiger partial charge in [-0.2, -0.15) is 11.8 Å². The highest BCUT2D eigenvalue weighted by atomic mass is 35.5. The van der Waals surface area contributed by atoms with Crippen LogP contribution in [0, 0.1) is 0 Å². The highest BCUT2D eigenvalue weighted by Crippen LogP contribution is 2.32. The van der Waals surface area contributed by atoms with Crippen LogP contribution in [0.15, 0.2) is 12.1 Å². The minimum Gasteiger partial charge on any atom is -0.468 e. The molecule has 3 N–H and O–H groups in total. The Morgan fingerprint density at radius 3 is 2.71 bits per heavy atom. The van der Waals surface area contributed by atoms with Gasteiger partial charge in [0, 0.05) is 11.4 Å². The molecule has 0 unspecified atom stereocenters. The van der Waals surface area contributed by atoms with Crippen LogP contribution in [0.5, 0.6) is 0 Å². The molecule has 0 heterocycles. The molecule has 0 bridgehead atoms. The Balaban J connectivity index is 2.36. The first kappa shape index (κ1) is 17.9. The number of esters is 1. The fourth-order valence-corrected chi connectivity index (χ4v) is 2.81. The molecule has 0 aliphatic heterocycles. The molecule has 0 fully saturated rings. The zero-order chi connectivity index (χ0) is 15.8. The Kier molecular flexibility index (Phi) is 7.71. The molecule has 1 rings (SSSR count). The van der Waals surface area contributed by atoms with E-state index in [1.165, 1.54) is 31.0 Å². The summed E-state index contributed by atoms with van der Waals surface area (Å²) in [5, 5.41) is 3.37. The van der Waals surface area contributed by atoms with Crippen LogP contribution in [0.3, 0.4) is 0 Å². The van der Waals surface area contributed by atoms with Crippen molar-refractivity contribution in [2.75, 3.05) is 29.7 Å². The van der Waals surface area contributed by atoms with Crippen LogP contribution in [-0.4, -0.2) is 30.5 Å². The summed E-state index contributed by atoms with van der Waals surface area (Å²) < 4.78 is 4.51. The van der Waals surface area contributed by atoms with E-state index in [4.69, 9.17) is 28.9 Å². The molecule has 0 spiro atoms. The molecule has 1 aromatic rings. The largest absolute Gasteiger partial charge is 0.468 e. The number of carbonyl (C=O) groups excluding carboxylic acids is 2. The Hall–Kier alpha value is -1.11. The highest BCUT2D eigenvalue weighted by molar-refractivity contribution is 7.99. The number of nitrogens with two attached hydrogens (primary N) is 1. The molecule has 0 aliphatic rings. The van der Waals surface area contributed by atoms with E-state index >= 15 is 0 Å². The average molecular weight is 351 g/mol. The molecule has 1 aromatic carbocycles. The lowest BCUT2D eigenvalue weighted by Crippen LogP contribution is -2.13. The molecule has 21 heavy (non-hydrogen) atoms. The van der Waals surface area contributed by atoms with Crippen LogP contribution >= 0.6 is 35.0 Å². The van der Waals surface area contributed by atoms with Crippen molar-refractivity contribution < 1.29 is 14.3 Å². The molecule has 0 aromatic heterocycles. The summed E-state index contributed by atoms with van der Waals surface area (Å²) in [6.45, 7) is 0. The van der Waals surface area contributed by atoms with Crippen molar-refractivity contribution in [1.29, 1.82) is 0 Å². The molecule has 0 saturated carbocycles. The summed E-state index contributed by atoms with van der Waals surface area (Å²) >= 11 is 13.2. The van der Waals surface area contributed by atoms with Gasteiger partial charge in [0.15, 0.2) is 0 Å². The average Bonchev–Trinajstić information content (AvgIpc) is 2.42. The zero-order valence-corrected chi connectivity index (χ0v) is 13.8. The summed E-state index contributed by atoms with van der Waals surface area (Å²) in [5.41, 5.74) is 6.45. The van der Waals surface area contributed by atoms with Gasteiger partial charge in [0.2, 0.25) is 5.91 Å². The van der Waals surface area contributed by atoms with Crippen LogP contribution in [-0.2, 0) is 14.3 Å². The van der Waals surface area contributed by atoms with Gasteiger partial charge < -0.3 is 15.8 Å². The Labute approximate surface area is 137 Å². The summed E-state index contributed by atoms with van der Waals surface area (Å²) in [6.07, 6.45) is 0.950. The second kappa shape index (κ2) is 9.02. The number of amides is 1. The van der Waals surface area contributed by atoms with Crippen LogP contribution in [0.1, 0.15) is 12.8 Å². The third-order valence-corrected chi connectivity index (χ3v) is 4.02. The minimum absolute atomic E-state index is 0.190. The Morgan fingerprint density at radius 1 is 1.38 bits per heavy atom. The van der Waals surface area contributed by atoms with E-state index in [-0.39, 0.29) is 17.6 Å². The molecule has 5 nitrogen and oxygen atoms in total. The van der Waals surface area contributed by atoms with Crippen molar-refractivity contribution in [3.63, 3.8) is 0 Å². The van der Waals surface area contributed by atoms with Gasteiger partial charge in [-0.15, -0.1) is 0 Å². The summed E-state index contributed by atoms with van der Waals surface area (Å²) in [5.74, 6) is 0.509. The number of halogens is 2. The minimum atomic E-state index is -0.273. The number of carbonyl (C=O) groups is 2. The summed E-state index contributed by atoms with van der Waals surface area (Å²) in [6, 6.07) is 3.04. The number of benzene rings is 1. The number of hydrogen-bond donors (Lipinski definition) is 2. The number of ether oxygens (including phenoxy) is 1. The quantitative estimate of drug-likeness (QED) is 0.448. The normalized spacial score (nSPS) is 10.2. The first-order valence-corrected chi connectivity index (χ1v) is 8.04. The number of nitrogens with one attached hydrogen (secondary N) is 1. The standard InChI is InChI=1S/C13H16Cl2N2O3S/c1-20-12(19)7-21-4-2-3-11(18)17-13-9(15)5-8(14)6-10(13)16/h5-6H,2-4,7,16H2,1H3,(H,17,18). The van der Waals surface area contributed by atoms with E-state index in [2.05, 4.69) is 10.1 Å². The number of thioether (sulfide) groups is 1. The van der Waals surface area contributed by atoms with Gasteiger partial charge in [-0.1, -0.05) is 23.2 Å². The van der Waals surface area contributed by atoms with E-state index in [9.17, 15) is 9.59 Å². The van der Waals surface area contributed by atoms with Crippen molar-refractivity contribution in [2.45, 2.75) is 12.8 Å². The molecule has 0 radical (unpaired) electrons. The second-order valence-corrected chi connectivity index (χ2v) is 6.08. The summed E-state index contributed by atoms with van der Waals surface area (Å²) in [4.78, 5) is 22.7. The summed E-state index contributed by atoms with van der Waals surface area (Å²) in [7, 11) is 1.34. The molecule has 0 atom stereocenters. The molecule has 0 aliphatic carbocycles. The van der Waals surface area contributed by atoms with E-state index in [0.717, 1.165) is 0 Å². The van der Waals surface area contributed by atoms with Gasteiger partial charge in [-0.05, 0) is 24.3 Å². The van der Waals surface area contributed by atoms with E-state index in [1.54, 1.807) is 0 Å². The van der Waals surface area contributed by atoms with Crippen LogP contribution < -0.4 is 11.1 Å². The van der Waals surface area contributed by atoms with Gasteiger partial charge in [0.25, 0.3) is 0 Å². The van der Waals surface area contributed by atoms with Crippen LogP contribution in [0.4, 0.5) is 11.4 Å². The molecule has 0 saturated heterocycles. The SMILES string of the molecule is COC(=O)CSCCCC(=O)Nc1c(N)cc(Cl)cc1Cl. The second-order valence-electron chi connectivity index (χ2n) is 4.13. The van der Waals surface area contributed by atoms with Crippen LogP contribution in [0.2, 0.25) is 10.0 Å². The topological polar surface area (TPSA) is 81.4 Å². The molecular weight excluding hydrogens is 335 g/mol. The maximum Gasteiger partial charge on any atom is 0.315 e. The highest BCUT2D eigenvalue weighted by Gasteiger charge is 2.10. The van der Waals surface area contributed by atoms with Crippen molar-refractivity contribution in [1.82, 2.24) is 0 Å². The Morgan fingerprint density at radius 2 is 2.10 bits per heavy atom. The van der Waals surface area contributed by atoms with E-state index in [0.29, 0.717) is 40.0 Å². The first-order chi connectivity index (χ1) is 9.93. The van der Waals surface area contributed by atoms with Gasteiger partial charge >= 0.3 is 5.97 Å². The molecule has 8 heteroatoms. The monoisotopic (exact) mass is 350 g/mol. The van der Waals surface area contributed by atoms with E-state index in [1.807, 2.05) is 0 Å². The van der Waals surface area contributed by atoms with Gasteiger partial charge in [0.1, 0.15) is 0 Å². The van der Waals surface area contributed by atoms with Gasteiger partial charge in [-0.25, -0.2) is 0 Å². The van der Waals surface area contributed by atoms with Crippen molar-refractivity contribution in [3.8, 4) is 0 Å². The number of hydrogen-bond acceptors (Lipinski definition) is 5. The van der Waals surface area contributed by atoms with Crippen molar-refractivity contribution in [3.05, 3.63) is 22.2 Å². The first-order valence-electron chi connectivity index (χ1n) is 6.13. The van der Waals surface area contributed by atoms with Gasteiger partial charge in [-0.3, -0.25) is 9.59 Å².